The van der Waals surface area contributed by atoms with E-state index in [1.807, 2.05) is 18.2 Å². The van der Waals surface area contributed by atoms with Crippen LogP contribution in [0.1, 0.15) is 24.5 Å². The van der Waals surface area contributed by atoms with Crippen molar-refractivity contribution >= 4 is 126 Å². The molecular formula is C63H40N4O2. The molecule has 5 heterocycles. The van der Waals surface area contributed by atoms with Gasteiger partial charge < -0.3 is 13.4 Å². The van der Waals surface area contributed by atoms with Crippen molar-refractivity contribution in [3.8, 4) is 5.69 Å². The molecule has 6 heteroatoms. The van der Waals surface area contributed by atoms with Crippen molar-refractivity contribution in [3.63, 3.8) is 0 Å². The lowest BCUT2D eigenvalue weighted by molar-refractivity contribution is 0.666. The van der Waals surface area contributed by atoms with E-state index < -0.39 is 0 Å². The number of nitrogens with zero attached hydrogens (tertiary/aromatic N) is 4. The molecule has 1 atom stereocenters. The van der Waals surface area contributed by atoms with Gasteiger partial charge in [-0.15, -0.1) is 0 Å². The average Bonchev–Trinajstić information content (AvgIpc) is 4.15. The SMILES string of the molecule is CC1C/C=C(n2c3ccccc3c3ccccc32)/N=C(c2ccc(-n3c4cc5ccccc5cc4c4ccc5ccccc5c43)c3oc4ccccc4c23)\N=C/1c1cccc2c1oc1ccccc12. The summed E-state index contributed by atoms with van der Waals surface area (Å²) in [6.07, 6.45) is 3.01. The quantitative estimate of drug-likeness (QED) is 0.177. The second-order valence-electron chi connectivity index (χ2n) is 18.5. The molecule has 1 aliphatic rings. The van der Waals surface area contributed by atoms with Gasteiger partial charge in [-0.25, -0.2) is 9.98 Å². The first kappa shape index (κ1) is 38.1. The lowest BCUT2D eigenvalue weighted by atomic mass is 9.93. The van der Waals surface area contributed by atoms with Gasteiger partial charge in [-0.05, 0) is 83.3 Å². The van der Waals surface area contributed by atoms with Crippen LogP contribution in [0, 0.1) is 5.92 Å². The van der Waals surface area contributed by atoms with E-state index in [0.717, 1.165) is 94.3 Å². The van der Waals surface area contributed by atoms with Crippen molar-refractivity contribution in [3.05, 3.63) is 217 Å². The highest BCUT2D eigenvalue weighted by Crippen LogP contribution is 2.44. The zero-order chi connectivity index (χ0) is 45.3. The minimum Gasteiger partial charge on any atom is -0.455 e. The molecule has 10 aromatic carbocycles. The fourth-order valence-corrected chi connectivity index (χ4v) is 11.4. The number of amidine groups is 1. The molecule has 0 spiro atoms. The molecule has 6 nitrogen and oxygen atoms in total. The minimum atomic E-state index is -0.00559. The number of hydrogen-bond donors (Lipinski definition) is 0. The predicted molar refractivity (Wildman–Crippen MR) is 287 cm³/mol. The van der Waals surface area contributed by atoms with Crippen LogP contribution in [0.4, 0.5) is 0 Å². The Morgan fingerprint density at radius 1 is 0.435 bits per heavy atom. The molecule has 15 rings (SSSR count). The number of benzene rings is 10. The number of aliphatic imine (C=N–C) groups is 2. The highest BCUT2D eigenvalue weighted by molar-refractivity contribution is 6.27. The fraction of sp³-hybridized carbons (Fsp3) is 0.0476. The number of aromatic nitrogens is 2. The standard InChI is InChI=1S/C63H40N4O2/c1-37-29-34-57(66-51-25-10-6-19-42(51)43-20-7-11-26-52(43)66)64-63(65-59(37)49-24-14-23-46-44-21-8-12-27-55(44)68-61(46)49)48-32-33-53(62-58(48)47-22-9-13-28-56(47)69-62)67-54-36-40-17-3-2-16-39(40)35-50(54)45-31-30-38-15-4-5-18-41(38)60(45)67/h2-28,30-37H,29H2,1H3/b57-34-,64-63-,65-59+. The van der Waals surface area contributed by atoms with Gasteiger partial charge in [0.2, 0.25) is 0 Å². The van der Waals surface area contributed by atoms with Crippen molar-refractivity contribution in [1.29, 1.82) is 0 Å². The number of para-hydroxylation sites is 5. The van der Waals surface area contributed by atoms with Crippen LogP contribution in [0.15, 0.2) is 225 Å². The van der Waals surface area contributed by atoms with Crippen LogP contribution in [-0.2, 0) is 0 Å². The van der Waals surface area contributed by atoms with E-state index in [0.29, 0.717) is 12.3 Å². The highest BCUT2D eigenvalue weighted by Gasteiger charge is 2.27. The summed E-state index contributed by atoms with van der Waals surface area (Å²) in [6.45, 7) is 2.27. The van der Waals surface area contributed by atoms with Crippen LogP contribution in [0.3, 0.4) is 0 Å². The van der Waals surface area contributed by atoms with Crippen molar-refractivity contribution in [2.75, 3.05) is 0 Å². The topological polar surface area (TPSA) is 60.9 Å². The summed E-state index contributed by atoms with van der Waals surface area (Å²) < 4.78 is 18.6. The molecule has 0 bridgehead atoms. The number of furan rings is 2. The smallest absolute Gasteiger partial charge is 0.162 e. The van der Waals surface area contributed by atoms with Crippen LogP contribution in [0.25, 0.3) is 121 Å². The van der Waals surface area contributed by atoms with Crippen molar-refractivity contribution in [2.45, 2.75) is 13.3 Å². The van der Waals surface area contributed by atoms with Gasteiger partial charge in [-0.3, -0.25) is 4.57 Å². The first-order valence-corrected chi connectivity index (χ1v) is 23.7. The van der Waals surface area contributed by atoms with Gasteiger partial charge in [-0.2, -0.15) is 0 Å². The van der Waals surface area contributed by atoms with Crippen LogP contribution >= 0.6 is 0 Å². The molecule has 0 saturated carbocycles. The first-order chi connectivity index (χ1) is 34.1. The Morgan fingerprint density at radius 3 is 1.84 bits per heavy atom. The van der Waals surface area contributed by atoms with Crippen LogP contribution in [0.2, 0.25) is 0 Å². The van der Waals surface area contributed by atoms with Gasteiger partial charge >= 0.3 is 0 Å². The second-order valence-corrected chi connectivity index (χ2v) is 18.5. The van der Waals surface area contributed by atoms with E-state index in [1.165, 1.54) is 43.1 Å². The van der Waals surface area contributed by atoms with Crippen molar-refractivity contribution in [1.82, 2.24) is 9.13 Å². The summed E-state index contributed by atoms with van der Waals surface area (Å²) in [5.74, 6) is 1.42. The highest BCUT2D eigenvalue weighted by atomic mass is 16.3. The Balaban J connectivity index is 1.06. The monoisotopic (exact) mass is 884 g/mol. The minimum absolute atomic E-state index is 0.00559. The normalized spacial score (nSPS) is 17.1. The van der Waals surface area contributed by atoms with Crippen LogP contribution < -0.4 is 0 Å². The summed E-state index contributed by atoms with van der Waals surface area (Å²) in [6, 6.07) is 71.3. The molecule has 69 heavy (non-hydrogen) atoms. The van der Waals surface area contributed by atoms with Gasteiger partial charge in [0.15, 0.2) is 11.4 Å². The summed E-state index contributed by atoms with van der Waals surface area (Å²) in [5.41, 5.74) is 11.4. The average molecular weight is 885 g/mol. The third-order valence-electron chi connectivity index (χ3n) is 14.6. The number of hydrogen-bond acceptors (Lipinski definition) is 4. The number of fused-ring (bicyclic) bond motifs is 15. The van der Waals surface area contributed by atoms with E-state index in [9.17, 15) is 0 Å². The van der Waals surface area contributed by atoms with Gasteiger partial charge in [0.25, 0.3) is 0 Å². The largest absolute Gasteiger partial charge is 0.455 e. The summed E-state index contributed by atoms with van der Waals surface area (Å²) in [4.78, 5) is 11.6. The molecule has 1 unspecified atom stereocenters. The van der Waals surface area contributed by atoms with Crippen LogP contribution in [-0.4, -0.2) is 20.7 Å². The number of allylic oxidation sites excluding steroid dienone is 1. The summed E-state index contributed by atoms with van der Waals surface area (Å²) in [5, 5.41) is 13.6. The van der Waals surface area contributed by atoms with Gasteiger partial charge in [0.1, 0.15) is 22.6 Å². The predicted octanol–water partition coefficient (Wildman–Crippen LogP) is 16.8. The molecule has 4 aromatic heterocycles. The Kier molecular flexibility index (Phi) is 8.01. The molecule has 0 amide bonds. The molecule has 14 aromatic rings. The fourth-order valence-electron chi connectivity index (χ4n) is 11.4. The summed E-state index contributed by atoms with van der Waals surface area (Å²) in [7, 11) is 0. The maximum Gasteiger partial charge on any atom is 0.162 e. The molecular weight excluding hydrogens is 845 g/mol. The van der Waals surface area contributed by atoms with E-state index in [2.05, 4.69) is 204 Å². The maximum atomic E-state index is 7.17. The van der Waals surface area contributed by atoms with Gasteiger partial charge in [-0.1, -0.05) is 153 Å². The first-order valence-electron chi connectivity index (χ1n) is 23.7. The molecule has 324 valence electrons. The second kappa shape index (κ2) is 14.5. The van der Waals surface area contributed by atoms with Crippen LogP contribution in [0.5, 0.6) is 0 Å². The molecule has 0 radical (unpaired) electrons. The van der Waals surface area contributed by atoms with Crippen molar-refractivity contribution in [2.24, 2.45) is 15.9 Å². The third kappa shape index (κ3) is 5.54. The van der Waals surface area contributed by atoms with Crippen molar-refractivity contribution < 1.29 is 8.83 Å². The Bertz CT molecular complexity index is 4560. The third-order valence-corrected chi connectivity index (χ3v) is 14.6. The Labute approximate surface area is 394 Å². The van der Waals surface area contributed by atoms with Gasteiger partial charge in [0.05, 0.1) is 33.5 Å². The van der Waals surface area contributed by atoms with E-state index in [-0.39, 0.29) is 5.92 Å². The molecule has 0 N–H and O–H groups in total. The summed E-state index contributed by atoms with van der Waals surface area (Å²) >= 11 is 0. The lowest BCUT2D eigenvalue weighted by Crippen LogP contribution is -2.18. The maximum absolute atomic E-state index is 7.17. The Hall–Kier alpha value is -9.00. The Morgan fingerprint density at radius 2 is 1.06 bits per heavy atom. The zero-order valence-corrected chi connectivity index (χ0v) is 37.5. The molecule has 0 saturated heterocycles. The molecule has 0 fully saturated rings. The molecule has 1 aliphatic heterocycles. The molecule has 0 aliphatic carbocycles. The van der Waals surface area contributed by atoms with Gasteiger partial charge in [0, 0.05) is 65.5 Å². The van der Waals surface area contributed by atoms with E-state index in [4.69, 9.17) is 18.8 Å². The zero-order valence-electron chi connectivity index (χ0n) is 37.5. The number of rotatable bonds is 4. The lowest BCUT2D eigenvalue weighted by Gasteiger charge is -2.20. The van der Waals surface area contributed by atoms with E-state index >= 15 is 0 Å². The van der Waals surface area contributed by atoms with E-state index in [1.54, 1.807) is 0 Å².